The fourth-order valence-electron chi connectivity index (χ4n) is 6.47. The van der Waals surface area contributed by atoms with Gasteiger partial charge in [0.05, 0.1) is 29.5 Å². The molecule has 0 saturated carbocycles. The topological polar surface area (TPSA) is 77.4 Å². The van der Waals surface area contributed by atoms with E-state index in [9.17, 15) is 4.79 Å². The molecule has 1 aromatic heterocycles. The number of piperidine rings is 1. The number of fused-ring (bicyclic) bond motifs is 2. The summed E-state index contributed by atoms with van der Waals surface area (Å²) in [4.78, 5) is 35.9. The third-order valence-corrected chi connectivity index (χ3v) is 9.07. The van der Waals surface area contributed by atoms with E-state index in [1.165, 1.54) is 6.42 Å². The van der Waals surface area contributed by atoms with Crippen LogP contribution in [0.4, 0.5) is 11.5 Å². The molecule has 0 spiro atoms. The Balaban J connectivity index is 1.32. The number of carbonyl (C=O) groups is 1. The van der Waals surface area contributed by atoms with Crippen LogP contribution in [0.1, 0.15) is 36.9 Å². The molecule has 3 aliphatic rings. The van der Waals surface area contributed by atoms with Crippen LogP contribution in [0.25, 0.3) is 10.8 Å². The zero-order valence-electron chi connectivity index (χ0n) is 24.8. The van der Waals surface area contributed by atoms with E-state index in [1.807, 2.05) is 26.2 Å². The van der Waals surface area contributed by atoms with Crippen molar-refractivity contribution >= 4 is 46.1 Å². The number of anilines is 2. The molecule has 0 radical (unpaired) electrons. The molecule has 2 aromatic carbocycles. The van der Waals surface area contributed by atoms with Gasteiger partial charge in [0.1, 0.15) is 12.4 Å². The first-order valence-electron chi connectivity index (χ1n) is 15.0. The van der Waals surface area contributed by atoms with Gasteiger partial charge in [-0.05, 0) is 63.2 Å². The van der Waals surface area contributed by atoms with Gasteiger partial charge >= 0.3 is 6.01 Å². The molecule has 1 amide bonds. The molecule has 4 heterocycles. The van der Waals surface area contributed by atoms with Crippen molar-refractivity contribution in [2.45, 2.75) is 44.7 Å². The molecule has 2 fully saturated rings. The Morgan fingerprint density at radius 1 is 1.10 bits per heavy atom. The highest BCUT2D eigenvalue weighted by molar-refractivity contribution is 6.36. The van der Waals surface area contributed by atoms with Crippen molar-refractivity contribution in [3.63, 3.8) is 0 Å². The molecule has 3 aliphatic heterocycles. The molecule has 6 rings (SSSR count). The number of ether oxygens (including phenoxy) is 1. The standard InChI is InChI=1S/C32H40ClN7O2/c1-37(2)21-34-31(41)23-10-6-16-40(18-23)30-25-14-17-39(28-13-5-9-22-8-4-12-26(33)29(22)28)19-27(25)35-32(36-30)42-20-24-11-7-15-38(24)3/h4-5,8-9,12-13,21,23-24H,6-7,10-11,14-20H2,1-3H3/t23?,24-/m0/s1. The van der Waals surface area contributed by atoms with Gasteiger partial charge in [0, 0.05) is 56.4 Å². The minimum Gasteiger partial charge on any atom is -0.462 e. The number of hydrogen-bond acceptors (Lipinski definition) is 7. The summed E-state index contributed by atoms with van der Waals surface area (Å²) in [6.07, 6.45) is 6.44. The second-order valence-electron chi connectivity index (χ2n) is 12.0. The summed E-state index contributed by atoms with van der Waals surface area (Å²) in [7, 11) is 5.89. The summed E-state index contributed by atoms with van der Waals surface area (Å²) < 4.78 is 6.30. The van der Waals surface area contributed by atoms with E-state index in [1.54, 1.807) is 11.2 Å². The van der Waals surface area contributed by atoms with Gasteiger partial charge in [-0.1, -0.05) is 35.9 Å². The van der Waals surface area contributed by atoms with Crippen molar-refractivity contribution in [3.8, 4) is 6.01 Å². The molecule has 0 aliphatic carbocycles. The van der Waals surface area contributed by atoms with Crippen LogP contribution >= 0.6 is 11.6 Å². The molecular formula is C32H40ClN7O2. The average Bonchev–Trinajstić information content (AvgIpc) is 3.42. The molecule has 10 heteroatoms. The molecule has 42 heavy (non-hydrogen) atoms. The highest BCUT2D eigenvalue weighted by Crippen LogP contribution is 2.37. The van der Waals surface area contributed by atoms with Crippen LogP contribution in [-0.4, -0.2) is 92.0 Å². The van der Waals surface area contributed by atoms with Crippen molar-refractivity contribution in [2.24, 2.45) is 10.9 Å². The van der Waals surface area contributed by atoms with Gasteiger partial charge in [0.2, 0.25) is 0 Å². The Morgan fingerprint density at radius 2 is 1.90 bits per heavy atom. The van der Waals surface area contributed by atoms with Crippen molar-refractivity contribution in [2.75, 3.05) is 63.7 Å². The number of amides is 1. The molecule has 1 unspecified atom stereocenters. The zero-order valence-corrected chi connectivity index (χ0v) is 25.6. The summed E-state index contributed by atoms with van der Waals surface area (Å²) in [6, 6.07) is 13.2. The van der Waals surface area contributed by atoms with Gasteiger partial charge in [-0.25, -0.2) is 4.99 Å². The van der Waals surface area contributed by atoms with Gasteiger partial charge in [0.25, 0.3) is 5.91 Å². The van der Waals surface area contributed by atoms with Gasteiger partial charge in [-0.2, -0.15) is 9.97 Å². The summed E-state index contributed by atoms with van der Waals surface area (Å²) in [6.45, 7) is 4.56. The minimum absolute atomic E-state index is 0.0731. The lowest BCUT2D eigenvalue weighted by atomic mass is 9.96. The Hall–Kier alpha value is -3.43. The van der Waals surface area contributed by atoms with E-state index in [0.29, 0.717) is 31.7 Å². The number of likely N-dealkylation sites (tertiary alicyclic amines) is 1. The van der Waals surface area contributed by atoms with Crippen LogP contribution in [0, 0.1) is 5.92 Å². The van der Waals surface area contributed by atoms with Gasteiger partial charge in [-0.15, -0.1) is 0 Å². The van der Waals surface area contributed by atoms with Crippen LogP contribution in [0.5, 0.6) is 6.01 Å². The quantitative estimate of drug-likeness (QED) is 0.291. The highest BCUT2D eigenvalue weighted by atomic mass is 35.5. The number of halogens is 1. The maximum atomic E-state index is 12.9. The molecule has 9 nitrogen and oxygen atoms in total. The van der Waals surface area contributed by atoms with Crippen LogP contribution in [0.3, 0.4) is 0 Å². The molecule has 222 valence electrons. The van der Waals surface area contributed by atoms with Gasteiger partial charge in [-0.3, -0.25) is 4.79 Å². The number of hydrogen-bond donors (Lipinski definition) is 0. The molecule has 2 saturated heterocycles. The van der Waals surface area contributed by atoms with E-state index < -0.39 is 0 Å². The summed E-state index contributed by atoms with van der Waals surface area (Å²) >= 11 is 6.70. The predicted molar refractivity (Wildman–Crippen MR) is 169 cm³/mol. The van der Waals surface area contributed by atoms with Crippen LogP contribution < -0.4 is 14.5 Å². The summed E-state index contributed by atoms with van der Waals surface area (Å²) in [5.41, 5.74) is 3.23. The van der Waals surface area contributed by atoms with Crippen LogP contribution in [0.2, 0.25) is 5.02 Å². The van der Waals surface area contributed by atoms with Crippen molar-refractivity contribution in [1.82, 2.24) is 19.8 Å². The minimum atomic E-state index is -0.157. The molecular weight excluding hydrogens is 550 g/mol. The van der Waals surface area contributed by atoms with Crippen LogP contribution in [-0.2, 0) is 17.8 Å². The van der Waals surface area contributed by atoms with E-state index in [4.69, 9.17) is 26.3 Å². The Bertz CT molecular complexity index is 1470. The number of aromatic nitrogens is 2. The lowest BCUT2D eigenvalue weighted by Gasteiger charge is -2.37. The number of likely N-dealkylation sites (N-methyl/N-ethyl adjacent to an activating group) is 1. The fraction of sp³-hybridized carbons (Fsp3) is 0.500. The monoisotopic (exact) mass is 589 g/mol. The Labute approximate surface area is 253 Å². The van der Waals surface area contributed by atoms with Gasteiger partial charge < -0.3 is 24.3 Å². The van der Waals surface area contributed by atoms with Gasteiger partial charge in [0.15, 0.2) is 0 Å². The first-order chi connectivity index (χ1) is 20.4. The average molecular weight is 590 g/mol. The molecule has 0 N–H and O–H groups in total. The number of carbonyl (C=O) groups excluding carboxylic acids is 1. The largest absolute Gasteiger partial charge is 0.462 e. The van der Waals surface area contributed by atoms with E-state index in [-0.39, 0.29) is 11.8 Å². The molecule has 0 bridgehead atoms. The summed E-state index contributed by atoms with van der Waals surface area (Å²) in [5.74, 6) is 0.672. The lowest BCUT2D eigenvalue weighted by molar-refractivity contribution is -0.121. The number of rotatable bonds is 7. The smallest absolute Gasteiger partial charge is 0.318 e. The second-order valence-corrected chi connectivity index (χ2v) is 12.4. The third-order valence-electron chi connectivity index (χ3n) is 8.76. The number of benzene rings is 2. The predicted octanol–water partition coefficient (Wildman–Crippen LogP) is 4.65. The number of aliphatic imine (C=N–C) groups is 1. The number of nitrogens with zero attached hydrogens (tertiary/aromatic N) is 7. The maximum Gasteiger partial charge on any atom is 0.318 e. The lowest BCUT2D eigenvalue weighted by Crippen LogP contribution is -2.41. The second kappa shape index (κ2) is 12.4. The fourth-order valence-corrected chi connectivity index (χ4v) is 6.75. The van der Waals surface area contributed by atoms with Crippen molar-refractivity contribution in [1.29, 1.82) is 0 Å². The van der Waals surface area contributed by atoms with E-state index in [0.717, 1.165) is 83.9 Å². The zero-order chi connectivity index (χ0) is 29.2. The SMILES string of the molecule is CN(C)C=NC(=O)C1CCCN(c2nc(OC[C@@H]3CCCN3C)nc3c2CCN(c2cccc4cccc(Cl)c24)C3)C1. The van der Waals surface area contributed by atoms with Crippen molar-refractivity contribution < 1.29 is 9.53 Å². The first kappa shape index (κ1) is 28.7. The van der Waals surface area contributed by atoms with Crippen LogP contribution in [0.15, 0.2) is 41.4 Å². The van der Waals surface area contributed by atoms with Crippen molar-refractivity contribution in [3.05, 3.63) is 52.7 Å². The molecule has 2 atom stereocenters. The van der Waals surface area contributed by atoms with E-state index in [2.05, 4.69) is 51.0 Å². The Morgan fingerprint density at radius 3 is 2.69 bits per heavy atom. The summed E-state index contributed by atoms with van der Waals surface area (Å²) in [5, 5.41) is 2.94. The highest BCUT2D eigenvalue weighted by Gasteiger charge is 2.32. The Kier molecular flexibility index (Phi) is 8.49. The third kappa shape index (κ3) is 6.03. The normalized spacial score (nSPS) is 21.2. The first-order valence-corrected chi connectivity index (χ1v) is 15.4. The maximum absolute atomic E-state index is 12.9. The van der Waals surface area contributed by atoms with E-state index >= 15 is 0 Å². The molecule has 3 aromatic rings.